The molecule has 1 N–H and O–H groups in total. The van der Waals surface area contributed by atoms with Crippen molar-refractivity contribution < 1.29 is 0 Å². The van der Waals surface area contributed by atoms with Crippen molar-refractivity contribution in [1.82, 2.24) is 30.5 Å². The minimum atomic E-state index is 0.230. The summed E-state index contributed by atoms with van der Waals surface area (Å²) in [5.74, 6) is 0. The molecule has 7 heteroatoms. The molecule has 6 nitrogen and oxygen atoms in total. The van der Waals surface area contributed by atoms with E-state index in [0.717, 1.165) is 17.9 Å². The fourth-order valence-electron chi connectivity index (χ4n) is 1.92. The van der Waals surface area contributed by atoms with Crippen molar-refractivity contribution in [2.45, 2.75) is 19.5 Å². The molecule has 2 heterocycles. The van der Waals surface area contributed by atoms with Gasteiger partial charge in [-0.1, -0.05) is 12.1 Å². The van der Waals surface area contributed by atoms with E-state index in [1.54, 1.807) is 22.3 Å². The van der Waals surface area contributed by atoms with E-state index in [2.05, 4.69) is 50.3 Å². The Morgan fingerprint density at radius 3 is 3.10 bits per heavy atom. The average Bonchev–Trinajstić information content (AvgIpc) is 3.18. The van der Waals surface area contributed by atoms with Gasteiger partial charge in [0.05, 0.1) is 16.9 Å². The number of nitrogens with zero attached hydrogens (tertiary/aromatic N) is 5. The summed E-state index contributed by atoms with van der Waals surface area (Å²) in [6.07, 6.45) is 1.59. The van der Waals surface area contributed by atoms with Gasteiger partial charge in [-0.3, -0.25) is 0 Å². The molecule has 102 valence electrons. The molecule has 0 aliphatic rings. The zero-order valence-corrected chi connectivity index (χ0v) is 11.8. The molecule has 0 saturated heterocycles. The van der Waals surface area contributed by atoms with Crippen LogP contribution in [0.1, 0.15) is 24.2 Å². The van der Waals surface area contributed by atoms with Gasteiger partial charge in [-0.15, -0.1) is 16.4 Å². The zero-order chi connectivity index (χ0) is 13.8. The number of hydrogen-bond acceptors (Lipinski definition) is 6. The van der Waals surface area contributed by atoms with Crippen LogP contribution < -0.4 is 5.32 Å². The highest BCUT2D eigenvalue weighted by molar-refractivity contribution is 7.07. The maximum atomic E-state index is 4.27. The van der Waals surface area contributed by atoms with E-state index in [1.165, 1.54) is 5.56 Å². The molecule has 1 unspecified atom stereocenters. The van der Waals surface area contributed by atoms with Crippen LogP contribution >= 0.6 is 11.3 Å². The molecule has 0 radical (unpaired) electrons. The van der Waals surface area contributed by atoms with Crippen molar-refractivity contribution >= 4 is 11.3 Å². The van der Waals surface area contributed by atoms with Crippen LogP contribution in [0.15, 0.2) is 41.5 Å². The Morgan fingerprint density at radius 2 is 2.35 bits per heavy atom. The molecule has 0 amide bonds. The second kappa shape index (κ2) is 5.89. The fourth-order valence-corrected chi connectivity index (χ4v) is 2.47. The predicted octanol–water partition coefficient (Wildman–Crippen LogP) is 1.97. The monoisotopic (exact) mass is 286 g/mol. The van der Waals surface area contributed by atoms with E-state index >= 15 is 0 Å². The number of rotatable bonds is 5. The summed E-state index contributed by atoms with van der Waals surface area (Å²) in [6.45, 7) is 2.89. The summed E-state index contributed by atoms with van der Waals surface area (Å²) < 4.78 is 1.65. The number of aromatic nitrogens is 5. The van der Waals surface area contributed by atoms with Gasteiger partial charge < -0.3 is 5.32 Å². The van der Waals surface area contributed by atoms with Crippen molar-refractivity contribution in [1.29, 1.82) is 0 Å². The molecule has 20 heavy (non-hydrogen) atoms. The number of benzene rings is 1. The van der Waals surface area contributed by atoms with E-state index in [4.69, 9.17) is 0 Å². The second-order valence-corrected chi connectivity index (χ2v) is 5.15. The van der Waals surface area contributed by atoms with Gasteiger partial charge in [0.1, 0.15) is 6.33 Å². The first kappa shape index (κ1) is 12.9. The van der Waals surface area contributed by atoms with Gasteiger partial charge in [-0.05, 0) is 35.0 Å². The predicted molar refractivity (Wildman–Crippen MR) is 76.5 cm³/mol. The highest BCUT2D eigenvalue weighted by Crippen LogP contribution is 2.16. The number of thiazole rings is 1. The van der Waals surface area contributed by atoms with Crippen LogP contribution in [0.5, 0.6) is 0 Å². The van der Waals surface area contributed by atoms with Crippen LogP contribution in [-0.4, -0.2) is 25.2 Å². The van der Waals surface area contributed by atoms with E-state index in [1.807, 2.05) is 17.6 Å². The minimum absolute atomic E-state index is 0.230. The van der Waals surface area contributed by atoms with Gasteiger partial charge in [0.2, 0.25) is 0 Å². The molecule has 1 atom stereocenters. The lowest BCUT2D eigenvalue weighted by molar-refractivity contribution is 0.568. The van der Waals surface area contributed by atoms with Crippen molar-refractivity contribution in [3.8, 4) is 5.69 Å². The Morgan fingerprint density at radius 1 is 1.40 bits per heavy atom. The van der Waals surface area contributed by atoms with Gasteiger partial charge in [-0.2, -0.15) is 0 Å². The third-order valence-electron chi connectivity index (χ3n) is 3.06. The van der Waals surface area contributed by atoms with Crippen molar-refractivity contribution in [2.24, 2.45) is 0 Å². The molecule has 2 aromatic heterocycles. The molecule has 0 aliphatic heterocycles. The highest BCUT2D eigenvalue weighted by atomic mass is 32.1. The quantitative estimate of drug-likeness (QED) is 0.776. The molecule has 0 aliphatic carbocycles. The fraction of sp³-hybridized carbons (Fsp3) is 0.231. The molecule has 0 saturated carbocycles. The van der Waals surface area contributed by atoms with Crippen molar-refractivity contribution in [2.75, 3.05) is 0 Å². The first-order valence-corrected chi connectivity index (χ1v) is 7.21. The minimum Gasteiger partial charge on any atom is -0.305 e. The van der Waals surface area contributed by atoms with E-state index in [-0.39, 0.29) is 6.04 Å². The molecular weight excluding hydrogens is 272 g/mol. The molecule has 3 aromatic rings. The largest absolute Gasteiger partial charge is 0.305 e. The molecular formula is C13H14N6S. The summed E-state index contributed by atoms with van der Waals surface area (Å²) in [5.41, 5.74) is 5.06. The maximum Gasteiger partial charge on any atom is 0.143 e. The van der Waals surface area contributed by atoms with Gasteiger partial charge >= 0.3 is 0 Å². The van der Waals surface area contributed by atoms with Crippen LogP contribution in [0.4, 0.5) is 0 Å². The maximum absolute atomic E-state index is 4.27. The van der Waals surface area contributed by atoms with Crippen LogP contribution in [0, 0.1) is 0 Å². The summed E-state index contributed by atoms with van der Waals surface area (Å²) >= 11 is 1.61. The SMILES string of the molecule is CC(NCc1cscn1)c1cccc(-n2cnnn2)c1. The Hall–Kier alpha value is -2.12. The Kier molecular flexibility index (Phi) is 3.80. The van der Waals surface area contributed by atoms with Crippen LogP contribution in [0.25, 0.3) is 5.69 Å². The number of nitrogens with one attached hydrogen (secondary N) is 1. The number of hydrogen-bond donors (Lipinski definition) is 1. The van der Waals surface area contributed by atoms with Crippen LogP contribution in [0.3, 0.4) is 0 Å². The zero-order valence-electron chi connectivity index (χ0n) is 11.0. The van der Waals surface area contributed by atoms with Gasteiger partial charge in [0.25, 0.3) is 0 Å². The van der Waals surface area contributed by atoms with Crippen LogP contribution in [-0.2, 0) is 6.54 Å². The third-order valence-corrected chi connectivity index (χ3v) is 3.69. The van der Waals surface area contributed by atoms with Crippen molar-refractivity contribution in [3.63, 3.8) is 0 Å². The lowest BCUT2D eigenvalue weighted by Gasteiger charge is -2.14. The summed E-state index contributed by atoms with van der Waals surface area (Å²) in [5, 5.41) is 16.7. The van der Waals surface area contributed by atoms with Crippen molar-refractivity contribution in [3.05, 3.63) is 52.7 Å². The van der Waals surface area contributed by atoms with Gasteiger partial charge in [0, 0.05) is 18.0 Å². The summed E-state index contributed by atoms with van der Waals surface area (Å²) in [7, 11) is 0. The lowest BCUT2D eigenvalue weighted by Crippen LogP contribution is -2.18. The first-order chi connectivity index (χ1) is 9.83. The molecule has 0 bridgehead atoms. The highest BCUT2D eigenvalue weighted by Gasteiger charge is 2.07. The Balaban J connectivity index is 1.71. The third kappa shape index (κ3) is 2.89. The topological polar surface area (TPSA) is 68.5 Å². The number of tetrazole rings is 1. The summed E-state index contributed by atoms with van der Waals surface area (Å²) in [6, 6.07) is 8.38. The van der Waals surface area contributed by atoms with Crippen LogP contribution in [0.2, 0.25) is 0 Å². The summed E-state index contributed by atoms with van der Waals surface area (Å²) in [4.78, 5) is 4.27. The molecule has 0 spiro atoms. The van der Waals surface area contributed by atoms with E-state index < -0.39 is 0 Å². The normalized spacial score (nSPS) is 12.4. The van der Waals surface area contributed by atoms with E-state index in [9.17, 15) is 0 Å². The molecule has 1 aromatic carbocycles. The molecule has 3 rings (SSSR count). The first-order valence-electron chi connectivity index (χ1n) is 6.27. The lowest BCUT2D eigenvalue weighted by atomic mass is 10.1. The van der Waals surface area contributed by atoms with Gasteiger partial charge in [0.15, 0.2) is 0 Å². The standard InChI is InChI=1S/C13H14N6S/c1-10(14-6-12-7-20-9-15-12)11-3-2-4-13(5-11)19-8-16-17-18-19/h2-5,7-10,14H,6H2,1H3. The Labute approximate surface area is 120 Å². The van der Waals surface area contributed by atoms with Gasteiger partial charge in [-0.25, -0.2) is 9.67 Å². The Bertz CT molecular complexity index is 649. The van der Waals surface area contributed by atoms with E-state index in [0.29, 0.717) is 0 Å². The molecule has 0 fully saturated rings. The average molecular weight is 286 g/mol. The smallest absolute Gasteiger partial charge is 0.143 e. The second-order valence-electron chi connectivity index (χ2n) is 4.43.